The van der Waals surface area contributed by atoms with Gasteiger partial charge < -0.3 is 15.6 Å². The monoisotopic (exact) mass is 507 g/mol. The van der Waals surface area contributed by atoms with E-state index in [1.54, 1.807) is 30.5 Å². The van der Waals surface area contributed by atoms with Crippen molar-refractivity contribution in [2.45, 2.75) is 32.4 Å². The van der Waals surface area contributed by atoms with Gasteiger partial charge in [-0.05, 0) is 30.5 Å². The number of hydrogen-bond acceptors (Lipinski definition) is 4. The van der Waals surface area contributed by atoms with E-state index >= 15 is 0 Å². The number of aromatic amines is 1. The second-order valence-electron chi connectivity index (χ2n) is 9.70. The van der Waals surface area contributed by atoms with Gasteiger partial charge in [0.15, 0.2) is 11.9 Å². The molecule has 3 amide bonds. The maximum Gasteiger partial charge on any atom is 0.266 e. The number of nitrogens with one attached hydrogen (secondary N) is 3. The first-order valence-corrected chi connectivity index (χ1v) is 12.6. The van der Waals surface area contributed by atoms with Crippen LogP contribution in [-0.2, 0) is 9.59 Å². The van der Waals surface area contributed by atoms with Crippen LogP contribution in [-0.4, -0.2) is 39.6 Å². The third-order valence-corrected chi connectivity index (χ3v) is 6.48. The van der Waals surface area contributed by atoms with Gasteiger partial charge in [-0.15, -0.1) is 0 Å². The molecule has 1 aromatic heterocycles. The molecule has 8 heteroatoms. The highest BCUT2D eigenvalue weighted by Gasteiger charge is 2.41. The van der Waals surface area contributed by atoms with Crippen LogP contribution in [0.3, 0.4) is 0 Å². The third kappa shape index (κ3) is 5.06. The minimum atomic E-state index is -1.02. The van der Waals surface area contributed by atoms with Crippen LogP contribution in [0.4, 0.5) is 0 Å². The van der Waals surface area contributed by atoms with Crippen LogP contribution in [0.25, 0.3) is 10.9 Å². The van der Waals surface area contributed by atoms with E-state index in [2.05, 4.69) is 20.7 Å². The van der Waals surface area contributed by atoms with Gasteiger partial charge in [0, 0.05) is 33.8 Å². The van der Waals surface area contributed by atoms with E-state index in [9.17, 15) is 14.4 Å². The van der Waals surface area contributed by atoms with Crippen molar-refractivity contribution in [3.8, 4) is 0 Å². The van der Waals surface area contributed by atoms with E-state index in [1.807, 2.05) is 74.5 Å². The normalized spacial score (nSPS) is 16.2. The number of carbonyl (C=O) groups is 3. The van der Waals surface area contributed by atoms with E-state index in [-0.39, 0.29) is 23.6 Å². The van der Waals surface area contributed by atoms with Gasteiger partial charge in [0.1, 0.15) is 6.04 Å². The lowest BCUT2D eigenvalue weighted by atomic mass is 9.99. The van der Waals surface area contributed by atoms with Crippen LogP contribution < -0.4 is 10.6 Å². The van der Waals surface area contributed by atoms with Crippen molar-refractivity contribution in [2.24, 2.45) is 11.0 Å². The SMILES string of the molecule is CC(C)C[C@H](NC(=O)c1ccccc1)C(=O)N1N=C(c2ccccc2)NC(=O)[C@H]1c1c[nH]c2ccccc12. The second-order valence-corrected chi connectivity index (χ2v) is 9.70. The number of fused-ring (bicyclic) bond motifs is 1. The summed E-state index contributed by atoms with van der Waals surface area (Å²) < 4.78 is 0. The Morgan fingerprint density at radius 1 is 0.947 bits per heavy atom. The lowest BCUT2D eigenvalue weighted by Gasteiger charge is -2.34. The second kappa shape index (κ2) is 10.7. The molecule has 0 bridgehead atoms. The molecule has 3 aromatic carbocycles. The Kier molecular flexibility index (Phi) is 7.04. The Bertz CT molecular complexity index is 1490. The molecule has 3 N–H and O–H groups in total. The summed E-state index contributed by atoms with van der Waals surface area (Å²) in [4.78, 5) is 44.1. The molecule has 0 radical (unpaired) electrons. The maximum absolute atomic E-state index is 14.2. The molecular weight excluding hydrogens is 478 g/mol. The topological polar surface area (TPSA) is 107 Å². The molecule has 1 aliphatic rings. The number of nitrogens with zero attached hydrogens (tertiary/aromatic N) is 2. The van der Waals surface area contributed by atoms with Crippen molar-refractivity contribution in [3.63, 3.8) is 0 Å². The number of amidine groups is 1. The summed E-state index contributed by atoms with van der Waals surface area (Å²) in [6.07, 6.45) is 2.12. The number of benzene rings is 3. The van der Waals surface area contributed by atoms with E-state index < -0.39 is 18.0 Å². The highest BCUT2D eigenvalue weighted by molar-refractivity contribution is 6.13. The predicted octanol–water partition coefficient (Wildman–Crippen LogP) is 4.37. The van der Waals surface area contributed by atoms with Crippen molar-refractivity contribution < 1.29 is 14.4 Å². The molecule has 0 aliphatic carbocycles. The molecule has 192 valence electrons. The van der Waals surface area contributed by atoms with Crippen molar-refractivity contribution in [3.05, 3.63) is 108 Å². The van der Waals surface area contributed by atoms with Crippen LogP contribution in [0.5, 0.6) is 0 Å². The Hall–Kier alpha value is -4.72. The zero-order valence-corrected chi connectivity index (χ0v) is 21.2. The lowest BCUT2D eigenvalue weighted by molar-refractivity contribution is -0.143. The van der Waals surface area contributed by atoms with Crippen molar-refractivity contribution in [1.29, 1.82) is 0 Å². The summed E-state index contributed by atoms with van der Waals surface area (Å²) in [5.41, 5.74) is 2.59. The Labute approximate surface area is 220 Å². The molecule has 0 saturated carbocycles. The number of amides is 3. The van der Waals surface area contributed by atoms with E-state index in [0.717, 1.165) is 10.9 Å². The highest BCUT2D eigenvalue weighted by Crippen LogP contribution is 2.32. The van der Waals surface area contributed by atoms with Crippen molar-refractivity contribution in [1.82, 2.24) is 20.6 Å². The van der Waals surface area contributed by atoms with E-state index in [0.29, 0.717) is 23.1 Å². The summed E-state index contributed by atoms with van der Waals surface area (Å²) in [6, 6.07) is 23.6. The maximum atomic E-state index is 14.2. The van der Waals surface area contributed by atoms with Gasteiger partial charge in [-0.25, -0.2) is 5.01 Å². The molecule has 2 atom stereocenters. The first kappa shape index (κ1) is 25.0. The average Bonchev–Trinajstić information content (AvgIpc) is 3.36. The van der Waals surface area contributed by atoms with Crippen LogP contribution in [0.2, 0.25) is 0 Å². The standard InChI is InChI=1S/C30H29N5O3/c1-19(2)17-25(32-28(36)21-13-7-4-8-14-21)30(38)35-26(23-18-31-24-16-10-9-15-22(23)24)29(37)33-27(34-35)20-11-5-3-6-12-20/h3-16,18-19,25-26,31H,17H2,1-2H3,(H,32,36)(H,33,34,37)/t25-,26+/m0/s1. The van der Waals surface area contributed by atoms with Crippen molar-refractivity contribution in [2.75, 3.05) is 0 Å². The van der Waals surface area contributed by atoms with E-state index in [1.165, 1.54) is 5.01 Å². The third-order valence-electron chi connectivity index (χ3n) is 6.48. The molecule has 1 aliphatic heterocycles. The average molecular weight is 508 g/mol. The highest BCUT2D eigenvalue weighted by atomic mass is 16.2. The smallest absolute Gasteiger partial charge is 0.266 e. The summed E-state index contributed by atoms with van der Waals surface area (Å²) in [7, 11) is 0. The molecule has 38 heavy (non-hydrogen) atoms. The fourth-order valence-corrected chi connectivity index (χ4v) is 4.67. The number of rotatable bonds is 7. The summed E-state index contributed by atoms with van der Waals surface area (Å²) in [5, 5.41) is 12.5. The molecule has 4 aromatic rings. The van der Waals surface area contributed by atoms with Gasteiger partial charge in [-0.3, -0.25) is 14.4 Å². The zero-order chi connectivity index (χ0) is 26.6. The molecule has 0 spiro atoms. The van der Waals surface area contributed by atoms with Gasteiger partial charge in [0.25, 0.3) is 17.7 Å². The van der Waals surface area contributed by atoms with Crippen LogP contribution in [0.15, 0.2) is 96.2 Å². The number of carbonyl (C=O) groups excluding carboxylic acids is 3. The Balaban J connectivity index is 1.57. The quantitative estimate of drug-likeness (QED) is 0.346. The Morgan fingerprint density at radius 3 is 2.32 bits per heavy atom. The summed E-state index contributed by atoms with van der Waals surface area (Å²) in [5.74, 6) is -0.821. The number of hydrazone groups is 1. The molecule has 0 unspecified atom stereocenters. The van der Waals surface area contributed by atoms with Crippen LogP contribution >= 0.6 is 0 Å². The Morgan fingerprint density at radius 2 is 1.61 bits per heavy atom. The summed E-state index contributed by atoms with van der Waals surface area (Å²) in [6.45, 7) is 3.96. The van der Waals surface area contributed by atoms with Gasteiger partial charge in [-0.1, -0.05) is 80.6 Å². The van der Waals surface area contributed by atoms with Gasteiger partial charge in [0.2, 0.25) is 0 Å². The van der Waals surface area contributed by atoms with Gasteiger partial charge in [-0.2, -0.15) is 5.10 Å². The molecule has 2 heterocycles. The number of H-pyrrole nitrogens is 1. The largest absolute Gasteiger partial charge is 0.361 e. The first-order chi connectivity index (χ1) is 18.4. The molecule has 0 saturated heterocycles. The van der Waals surface area contributed by atoms with Crippen LogP contribution in [0.1, 0.15) is 47.8 Å². The minimum absolute atomic E-state index is 0.0998. The number of hydrogen-bond donors (Lipinski definition) is 3. The number of aromatic nitrogens is 1. The molecular formula is C30H29N5O3. The van der Waals surface area contributed by atoms with Gasteiger partial charge >= 0.3 is 0 Å². The molecule has 0 fully saturated rings. The lowest BCUT2D eigenvalue weighted by Crippen LogP contribution is -2.54. The minimum Gasteiger partial charge on any atom is -0.361 e. The first-order valence-electron chi connectivity index (χ1n) is 12.6. The summed E-state index contributed by atoms with van der Waals surface area (Å²) >= 11 is 0. The fraction of sp³-hybridized carbons (Fsp3) is 0.200. The van der Waals surface area contributed by atoms with Gasteiger partial charge in [0.05, 0.1) is 0 Å². The predicted molar refractivity (Wildman–Crippen MR) is 146 cm³/mol. The fourth-order valence-electron chi connectivity index (χ4n) is 4.67. The molecule has 8 nitrogen and oxygen atoms in total. The zero-order valence-electron chi connectivity index (χ0n) is 21.2. The molecule has 5 rings (SSSR count). The van der Waals surface area contributed by atoms with Crippen LogP contribution in [0, 0.1) is 5.92 Å². The number of para-hydroxylation sites is 1. The van der Waals surface area contributed by atoms with Crippen molar-refractivity contribution >= 4 is 34.5 Å². The van der Waals surface area contributed by atoms with E-state index in [4.69, 9.17) is 0 Å².